The predicted octanol–water partition coefficient (Wildman–Crippen LogP) is 0.982. The number of likely N-dealkylation sites (tertiary alicyclic amines) is 1. The fourth-order valence-electron chi connectivity index (χ4n) is 1.71. The molecule has 3 heteroatoms. The Balaban J connectivity index is 2.49. The molecule has 0 aliphatic carbocycles. The fourth-order valence-corrected chi connectivity index (χ4v) is 1.71. The van der Waals surface area contributed by atoms with Crippen LogP contribution >= 0.6 is 0 Å². The van der Waals surface area contributed by atoms with Gasteiger partial charge in [0.05, 0.1) is 0 Å². The summed E-state index contributed by atoms with van der Waals surface area (Å²) in [4.78, 5) is 13.5. The van der Waals surface area contributed by atoms with Crippen molar-refractivity contribution in [3.63, 3.8) is 0 Å². The first-order valence-corrected chi connectivity index (χ1v) is 4.94. The van der Waals surface area contributed by atoms with Crippen molar-refractivity contribution in [3.8, 4) is 0 Å². The number of hydrogen-bond acceptors (Lipinski definition) is 2. The third-order valence-corrected chi connectivity index (χ3v) is 2.55. The summed E-state index contributed by atoms with van der Waals surface area (Å²) in [5, 5.41) is 0. The van der Waals surface area contributed by atoms with E-state index in [9.17, 15) is 4.79 Å². The fraction of sp³-hybridized carbons (Fsp3) is 0.900. The molecule has 1 fully saturated rings. The molecule has 0 aromatic carbocycles. The Morgan fingerprint density at radius 1 is 1.62 bits per heavy atom. The van der Waals surface area contributed by atoms with Gasteiger partial charge in [0.2, 0.25) is 5.91 Å². The van der Waals surface area contributed by atoms with Gasteiger partial charge in [0.1, 0.15) is 0 Å². The molecular weight excluding hydrogens is 164 g/mol. The second kappa shape index (κ2) is 3.66. The van der Waals surface area contributed by atoms with Gasteiger partial charge in [0.15, 0.2) is 0 Å². The van der Waals surface area contributed by atoms with Crippen LogP contribution in [0.5, 0.6) is 0 Å². The monoisotopic (exact) mass is 184 g/mol. The Labute approximate surface area is 80.3 Å². The number of nitrogens with zero attached hydrogens (tertiary/aromatic N) is 1. The standard InChI is InChI=1S/C10H20N2O/c1-8(11)7-12-5-4-10(2,3)6-9(12)13/h8H,4-7,11H2,1-3H3/t8-/m0/s1. The summed E-state index contributed by atoms with van der Waals surface area (Å²) in [5.41, 5.74) is 5.85. The van der Waals surface area contributed by atoms with Crippen LogP contribution < -0.4 is 5.73 Å². The average molecular weight is 184 g/mol. The van der Waals surface area contributed by atoms with Gasteiger partial charge in [-0.2, -0.15) is 0 Å². The molecule has 1 aliphatic rings. The van der Waals surface area contributed by atoms with Crippen LogP contribution in [0.3, 0.4) is 0 Å². The zero-order valence-electron chi connectivity index (χ0n) is 8.84. The van der Waals surface area contributed by atoms with E-state index < -0.39 is 0 Å². The quantitative estimate of drug-likeness (QED) is 0.695. The average Bonchev–Trinajstić information content (AvgIpc) is 1.93. The van der Waals surface area contributed by atoms with E-state index in [1.807, 2.05) is 11.8 Å². The van der Waals surface area contributed by atoms with Crippen LogP contribution in [-0.2, 0) is 4.79 Å². The van der Waals surface area contributed by atoms with Gasteiger partial charge in [0.25, 0.3) is 0 Å². The minimum absolute atomic E-state index is 0.0881. The predicted molar refractivity (Wildman–Crippen MR) is 53.2 cm³/mol. The molecule has 0 bridgehead atoms. The molecule has 1 rings (SSSR count). The highest BCUT2D eigenvalue weighted by molar-refractivity contribution is 5.77. The van der Waals surface area contributed by atoms with Crippen LogP contribution in [0.15, 0.2) is 0 Å². The molecule has 2 N–H and O–H groups in total. The number of rotatable bonds is 2. The third-order valence-electron chi connectivity index (χ3n) is 2.55. The number of amides is 1. The summed E-state index contributed by atoms with van der Waals surface area (Å²) in [6, 6.07) is 0.0881. The Bertz CT molecular complexity index is 199. The van der Waals surface area contributed by atoms with E-state index in [-0.39, 0.29) is 17.4 Å². The van der Waals surface area contributed by atoms with E-state index in [0.29, 0.717) is 13.0 Å². The molecule has 1 saturated heterocycles. The van der Waals surface area contributed by atoms with Crippen molar-refractivity contribution < 1.29 is 4.79 Å². The van der Waals surface area contributed by atoms with Gasteiger partial charge in [-0.1, -0.05) is 13.8 Å². The molecule has 0 spiro atoms. The van der Waals surface area contributed by atoms with Gasteiger partial charge >= 0.3 is 0 Å². The molecule has 1 heterocycles. The lowest BCUT2D eigenvalue weighted by atomic mass is 9.82. The van der Waals surface area contributed by atoms with E-state index in [1.54, 1.807) is 0 Å². The second-order valence-electron chi connectivity index (χ2n) is 4.91. The number of piperidine rings is 1. The van der Waals surface area contributed by atoms with E-state index in [0.717, 1.165) is 13.0 Å². The Kier molecular flexibility index (Phi) is 2.96. The molecule has 1 amide bonds. The molecule has 13 heavy (non-hydrogen) atoms. The molecule has 3 nitrogen and oxygen atoms in total. The summed E-state index contributed by atoms with van der Waals surface area (Å²) >= 11 is 0. The van der Waals surface area contributed by atoms with Crippen molar-refractivity contribution in [1.82, 2.24) is 4.90 Å². The van der Waals surface area contributed by atoms with Crippen molar-refractivity contribution in [2.24, 2.45) is 11.1 Å². The largest absolute Gasteiger partial charge is 0.341 e. The SMILES string of the molecule is C[C@H](N)CN1CCC(C)(C)CC1=O. The maximum atomic E-state index is 11.6. The zero-order chi connectivity index (χ0) is 10.1. The van der Waals surface area contributed by atoms with Crippen molar-refractivity contribution >= 4 is 5.91 Å². The first kappa shape index (κ1) is 10.5. The van der Waals surface area contributed by atoms with Crippen molar-refractivity contribution in [1.29, 1.82) is 0 Å². The summed E-state index contributed by atoms with van der Waals surface area (Å²) < 4.78 is 0. The van der Waals surface area contributed by atoms with Gasteiger partial charge in [-0.25, -0.2) is 0 Å². The van der Waals surface area contributed by atoms with Crippen LogP contribution in [0.4, 0.5) is 0 Å². The Morgan fingerprint density at radius 2 is 2.23 bits per heavy atom. The summed E-state index contributed by atoms with van der Waals surface area (Å²) in [7, 11) is 0. The van der Waals surface area contributed by atoms with Gasteiger partial charge in [-0.3, -0.25) is 4.79 Å². The third kappa shape index (κ3) is 2.99. The van der Waals surface area contributed by atoms with Crippen LogP contribution in [-0.4, -0.2) is 29.9 Å². The number of hydrogen-bond donors (Lipinski definition) is 1. The highest BCUT2D eigenvalue weighted by atomic mass is 16.2. The zero-order valence-corrected chi connectivity index (χ0v) is 8.84. The van der Waals surface area contributed by atoms with E-state index in [1.165, 1.54) is 0 Å². The molecule has 0 radical (unpaired) electrons. The van der Waals surface area contributed by atoms with E-state index >= 15 is 0 Å². The van der Waals surface area contributed by atoms with Gasteiger partial charge in [0, 0.05) is 25.6 Å². The van der Waals surface area contributed by atoms with E-state index in [2.05, 4.69) is 13.8 Å². The number of carbonyl (C=O) groups excluding carboxylic acids is 1. The van der Waals surface area contributed by atoms with Gasteiger partial charge in [-0.05, 0) is 18.8 Å². The molecule has 0 aromatic heterocycles. The van der Waals surface area contributed by atoms with Crippen LogP contribution in [0.2, 0.25) is 0 Å². The lowest BCUT2D eigenvalue weighted by molar-refractivity contribution is -0.137. The lowest BCUT2D eigenvalue weighted by Gasteiger charge is -2.37. The smallest absolute Gasteiger partial charge is 0.223 e. The molecule has 76 valence electrons. The topological polar surface area (TPSA) is 46.3 Å². The van der Waals surface area contributed by atoms with Crippen LogP contribution in [0.1, 0.15) is 33.6 Å². The van der Waals surface area contributed by atoms with Crippen LogP contribution in [0, 0.1) is 5.41 Å². The summed E-state index contributed by atoms with van der Waals surface area (Å²) in [6.45, 7) is 7.80. The maximum absolute atomic E-state index is 11.6. The highest BCUT2D eigenvalue weighted by Crippen LogP contribution is 2.30. The van der Waals surface area contributed by atoms with E-state index in [4.69, 9.17) is 5.73 Å². The molecule has 0 aromatic rings. The van der Waals surface area contributed by atoms with Crippen LogP contribution in [0.25, 0.3) is 0 Å². The van der Waals surface area contributed by atoms with Crippen molar-refractivity contribution in [2.45, 2.75) is 39.7 Å². The summed E-state index contributed by atoms with van der Waals surface area (Å²) in [6.07, 6.45) is 1.76. The minimum Gasteiger partial charge on any atom is -0.341 e. The first-order valence-electron chi connectivity index (χ1n) is 4.94. The molecular formula is C10H20N2O. The minimum atomic E-state index is 0.0881. The molecule has 1 aliphatic heterocycles. The Hall–Kier alpha value is -0.570. The maximum Gasteiger partial charge on any atom is 0.223 e. The van der Waals surface area contributed by atoms with Gasteiger partial charge in [-0.15, -0.1) is 0 Å². The highest BCUT2D eigenvalue weighted by Gasteiger charge is 2.31. The lowest BCUT2D eigenvalue weighted by Crippen LogP contribution is -2.46. The molecule has 1 atom stereocenters. The first-order chi connectivity index (χ1) is 5.91. The second-order valence-corrected chi connectivity index (χ2v) is 4.91. The van der Waals surface area contributed by atoms with Gasteiger partial charge < -0.3 is 10.6 Å². The summed E-state index contributed by atoms with van der Waals surface area (Å²) in [5.74, 6) is 0.258. The van der Waals surface area contributed by atoms with Crippen molar-refractivity contribution in [3.05, 3.63) is 0 Å². The molecule has 0 unspecified atom stereocenters. The number of nitrogens with two attached hydrogens (primary N) is 1. The van der Waals surface area contributed by atoms with Crippen molar-refractivity contribution in [2.75, 3.05) is 13.1 Å². The Morgan fingerprint density at radius 3 is 2.69 bits per heavy atom. The number of carbonyl (C=O) groups is 1. The normalized spacial score (nSPS) is 24.6. The molecule has 0 saturated carbocycles.